The zero-order valence-corrected chi connectivity index (χ0v) is 9.48. The normalized spacial score (nSPS) is 13.0. The van der Waals surface area contributed by atoms with Crippen LogP contribution in [0.4, 0.5) is 0 Å². The molecule has 1 unspecified atom stereocenters. The molecule has 0 amide bonds. The zero-order valence-electron chi connectivity index (χ0n) is 9.48. The molecule has 0 aliphatic carbocycles. The fourth-order valence-electron chi connectivity index (χ4n) is 0.872. The van der Waals surface area contributed by atoms with Gasteiger partial charge in [-0.25, -0.2) is 0 Å². The number of hydrogen-bond acceptors (Lipinski definition) is 5. The SMILES string of the molecule is CCCOCCOCCOCC(O)CN. The van der Waals surface area contributed by atoms with E-state index in [9.17, 15) is 0 Å². The first kappa shape index (κ1) is 14.8. The Morgan fingerprint density at radius 2 is 1.53 bits per heavy atom. The van der Waals surface area contributed by atoms with Gasteiger partial charge in [0, 0.05) is 13.2 Å². The molecule has 5 nitrogen and oxygen atoms in total. The summed E-state index contributed by atoms with van der Waals surface area (Å²) in [5.74, 6) is 0. The lowest BCUT2D eigenvalue weighted by Gasteiger charge is -2.09. The van der Waals surface area contributed by atoms with Gasteiger partial charge in [-0.3, -0.25) is 0 Å². The number of ether oxygens (including phenoxy) is 3. The Kier molecular flexibility index (Phi) is 11.7. The van der Waals surface area contributed by atoms with Crippen LogP contribution in [-0.2, 0) is 14.2 Å². The minimum atomic E-state index is -0.571. The lowest BCUT2D eigenvalue weighted by molar-refractivity contribution is -0.00765. The van der Waals surface area contributed by atoms with Crippen LogP contribution in [0.5, 0.6) is 0 Å². The molecule has 0 radical (unpaired) electrons. The molecule has 0 saturated heterocycles. The molecule has 0 aromatic rings. The van der Waals surface area contributed by atoms with Gasteiger partial charge in [0.2, 0.25) is 0 Å². The van der Waals surface area contributed by atoms with Crippen molar-refractivity contribution in [2.24, 2.45) is 5.73 Å². The van der Waals surface area contributed by atoms with E-state index in [2.05, 4.69) is 6.92 Å². The lowest BCUT2D eigenvalue weighted by Crippen LogP contribution is -2.26. The van der Waals surface area contributed by atoms with E-state index in [0.29, 0.717) is 26.4 Å². The van der Waals surface area contributed by atoms with Crippen molar-refractivity contribution in [1.29, 1.82) is 0 Å². The number of aliphatic hydroxyl groups is 1. The van der Waals surface area contributed by atoms with Crippen molar-refractivity contribution in [3.8, 4) is 0 Å². The Morgan fingerprint density at radius 3 is 2.07 bits per heavy atom. The van der Waals surface area contributed by atoms with E-state index in [0.717, 1.165) is 13.0 Å². The van der Waals surface area contributed by atoms with Gasteiger partial charge in [-0.15, -0.1) is 0 Å². The van der Waals surface area contributed by atoms with Gasteiger partial charge in [-0.2, -0.15) is 0 Å². The van der Waals surface area contributed by atoms with Crippen molar-refractivity contribution >= 4 is 0 Å². The van der Waals surface area contributed by atoms with E-state index in [1.54, 1.807) is 0 Å². The Labute approximate surface area is 91.5 Å². The molecule has 0 heterocycles. The fraction of sp³-hybridized carbons (Fsp3) is 1.00. The van der Waals surface area contributed by atoms with Crippen LogP contribution in [-0.4, -0.2) is 57.4 Å². The van der Waals surface area contributed by atoms with E-state index in [1.807, 2.05) is 0 Å². The van der Waals surface area contributed by atoms with Crippen LogP contribution in [0.2, 0.25) is 0 Å². The standard InChI is InChI=1S/C10H23NO4/c1-2-3-13-4-5-14-6-7-15-9-10(12)8-11/h10,12H,2-9,11H2,1H3. The van der Waals surface area contributed by atoms with Gasteiger partial charge in [0.15, 0.2) is 0 Å². The van der Waals surface area contributed by atoms with Crippen LogP contribution in [0.25, 0.3) is 0 Å². The van der Waals surface area contributed by atoms with Gasteiger partial charge in [0.25, 0.3) is 0 Å². The summed E-state index contributed by atoms with van der Waals surface area (Å²) in [5, 5.41) is 9.05. The van der Waals surface area contributed by atoms with Crippen molar-refractivity contribution < 1.29 is 19.3 Å². The van der Waals surface area contributed by atoms with E-state index in [4.69, 9.17) is 25.1 Å². The minimum Gasteiger partial charge on any atom is -0.389 e. The average molecular weight is 221 g/mol. The smallest absolute Gasteiger partial charge is 0.0895 e. The van der Waals surface area contributed by atoms with Crippen LogP contribution in [0, 0.1) is 0 Å². The highest BCUT2D eigenvalue weighted by molar-refractivity contribution is 4.51. The van der Waals surface area contributed by atoms with E-state index < -0.39 is 6.10 Å². The summed E-state index contributed by atoms with van der Waals surface area (Å²) >= 11 is 0. The maximum Gasteiger partial charge on any atom is 0.0895 e. The highest BCUT2D eigenvalue weighted by Crippen LogP contribution is 1.85. The molecule has 0 aliphatic rings. The Bertz CT molecular complexity index is 124. The Hall–Kier alpha value is -0.200. The second kappa shape index (κ2) is 11.9. The first-order valence-corrected chi connectivity index (χ1v) is 5.42. The third-order valence-electron chi connectivity index (χ3n) is 1.67. The molecule has 0 aromatic carbocycles. The highest BCUT2D eigenvalue weighted by atomic mass is 16.5. The van der Waals surface area contributed by atoms with E-state index >= 15 is 0 Å². The quantitative estimate of drug-likeness (QED) is 0.471. The van der Waals surface area contributed by atoms with Crippen molar-refractivity contribution in [3.05, 3.63) is 0 Å². The molecule has 0 saturated carbocycles. The van der Waals surface area contributed by atoms with E-state index in [1.165, 1.54) is 0 Å². The van der Waals surface area contributed by atoms with Gasteiger partial charge in [0.05, 0.1) is 39.1 Å². The molecule has 5 heteroatoms. The van der Waals surface area contributed by atoms with Crippen molar-refractivity contribution in [1.82, 2.24) is 0 Å². The van der Waals surface area contributed by atoms with Crippen LogP contribution in [0.3, 0.4) is 0 Å². The molecular formula is C10H23NO4. The summed E-state index contributed by atoms with van der Waals surface area (Å²) in [6, 6.07) is 0. The molecule has 0 spiro atoms. The lowest BCUT2D eigenvalue weighted by atomic mass is 10.4. The Balaban J connectivity index is 2.92. The topological polar surface area (TPSA) is 73.9 Å². The molecule has 0 bridgehead atoms. The fourth-order valence-corrected chi connectivity index (χ4v) is 0.872. The molecular weight excluding hydrogens is 198 g/mol. The number of rotatable bonds is 11. The average Bonchev–Trinajstić information content (AvgIpc) is 2.26. The predicted octanol–water partition coefficient (Wildman–Crippen LogP) is -0.234. The largest absolute Gasteiger partial charge is 0.389 e. The van der Waals surface area contributed by atoms with Crippen molar-refractivity contribution in [3.63, 3.8) is 0 Å². The highest BCUT2D eigenvalue weighted by Gasteiger charge is 1.99. The second-order valence-corrected chi connectivity index (χ2v) is 3.19. The predicted molar refractivity (Wildman–Crippen MR) is 57.8 cm³/mol. The summed E-state index contributed by atoms with van der Waals surface area (Å²) in [6.07, 6.45) is 0.456. The van der Waals surface area contributed by atoms with Gasteiger partial charge in [0.1, 0.15) is 0 Å². The van der Waals surface area contributed by atoms with Crippen LogP contribution >= 0.6 is 0 Å². The summed E-state index contributed by atoms with van der Waals surface area (Å²) in [6.45, 7) is 5.55. The van der Waals surface area contributed by atoms with E-state index in [-0.39, 0.29) is 13.2 Å². The molecule has 0 aliphatic heterocycles. The third-order valence-corrected chi connectivity index (χ3v) is 1.67. The maximum atomic E-state index is 9.05. The van der Waals surface area contributed by atoms with Gasteiger partial charge in [-0.05, 0) is 6.42 Å². The van der Waals surface area contributed by atoms with Gasteiger partial charge in [-0.1, -0.05) is 6.92 Å². The van der Waals surface area contributed by atoms with Crippen LogP contribution in [0.15, 0.2) is 0 Å². The molecule has 3 N–H and O–H groups in total. The summed E-state index contributed by atoms with van der Waals surface area (Å²) < 4.78 is 15.6. The molecule has 1 atom stereocenters. The van der Waals surface area contributed by atoms with Crippen molar-refractivity contribution in [2.75, 3.05) is 46.2 Å². The van der Waals surface area contributed by atoms with Gasteiger partial charge < -0.3 is 25.1 Å². The molecule has 92 valence electrons. The van der Waals surface area contributed by atoms with Crippen molar-refractivity contribution in [2.45, 2.75) is 19.4 Å². The number of nitrogens with two attached hydrogens (primary N) is 1. The Morgan fingerprint density at radius 1 is 1.00 bits per heavy atom. The van der Waals surface area contributed by atoms with Crippen LogP contribution in [0.1, 0.15) is 13.3 Å². The third kappa shape index (κ3) is 11.7. The second-order valence-electron chi connectivity index (χ2n) is 3.19. The molecule has 0 aromatic heterocycles. The first-order chi connectivity index (χ1) is 7.31. The summed E-state index contributed by atoms with van der Waals surface area (Å²) in [7, 11) is 0. The number of hydrogen-bond donors (Lipinski definition) is 2. The van der Waals surface area contributed by atoms with Crippen LogP contribution < -0.4 is 5.73 Å². The number of aliphatic hydroxyl groups excluding tert-OH is 1. The molecule has 0 fully saturated rings. The summed E-state index contributed by atoms with van der Waals surface area (Å²) in [5.41, 5.74) is 5.20. The first-order valence-electron chi connectivity index (χ1n) is 5.42. The molecule has 15 heavy (non-hydrogen) atoms. The molecule has 0 rings (SSSR count). The monoisotopic (exact) mass is 221 g/mol. The minimum absolute atomic E-state index is 0.228. The van der Waals surface area contributed by atoms with Gasteiger partial charge >= 0.3 is 0 Å². The maximum absolute atomic E-state index is 9.05. The summed E-state index contributed by atoms with van der Waals surface area (Å²) in [4.78, 5) is 0. The zero-order chi connectivity index (χ0) is 11.4.